The number of benzene rings is 1. The molecule has 1 N–H and O–H groups in total. The molecule has 3 rings (SSSR count). The molecule has 0 aliphatic rings. The lowest BCUT2D eigenvalue weighted by molar-refractivity contribution is 0.508. The molecule has 0 aliphatic carbocycles. The van der Waals surface area contributed by atoms with Gasteiger partial charge in [0.15, 0.2) is 0 Å². The van der Waals surface area contributed by atoms with Gasteiger partial charge in [0, 0.05) is 17.1 Å². The largest absolute Gasteiger partial charge is 0.459 e. The minimum atomic E-state index is 0.742. The maximum absolute atomic E-state index is 5.98. The van der Waals surface area contributed by atoms with Crippen molar-refractivity contribution in [3.63, 3.8) is 0 Å². The van der Waals surface area contributed by atoms with Crippen LogP contribution in [0.2, 0.25) is 0 Å². The van der Waals surface area contributed by atoms with Crippen molar-refractivity contribution in [2.45, 2.75) is 26.9 Å². The summed E-state index contributed by atoms with van der Waals surface area (Å²) in [6.45, 7) is 6.52. The number of nitrogens with one attached hydrogen (secondary N) is 1. The van der Waals surface area contributed by atoms with E-state index >= 15 is 0 Å². The molecule has 0 radical (unpaired) electrons. The second-order valence-corrected chi connectivity index (χ2v) is 4.93. The lowest BCUT2D eigenvalue weighted by atomic mass is 10.1. The highest BCUT2D eigenvalue weighted by atomic mass is 16.3. The number of furan rings is 1. The van der Waals surface area contributed by atoms with Crippen LogP contribution in [0.25, 0.3) is 11.0 Å². The molecular formula is C16H19N3O. The van der Waals surface area contributed by atoms with Gasteiger partial charge in [0.2, 0.25) is 0 Å². The quantitative estimate of drug-likeness (QED) is 0.774. The lowest BCUT2D eigenvalue weighted by Gasteiger charge is -2.04. The summed E-state index contributed by atoms with van der Waals surface area (Å²) in [5.74, 6) is 1.00. The van der Waals surface area contributed by atoms with Crippen molar-refractivity contribution < 1.29 is 4.42 Å². The van der Waals surface area contributed by atoms with Gasteiger partial charge in [-0.25, -0.2) is 0 Å². The van der Waals surface area contributed by atoms with Crippen LogP contribution in [0.3, 0.4) is 0 Å². The Balaban J connectivity index is 2.01. The van der Waals surface area contributed by atoms with Crippen LogP contribution in [0, 0.1) is 6.92 Å². The van der Waals surface area contributed by atoms with Crippen LogP contribution in [0.1, 0.15) is 23.9 Å². The zero-order chi connectivity index (χ0) is 13.9. The van der Waals surface area contributed by atoms with Crippen LogP contribution in [0.5, 0.6) is 0 Å². The molecule has 0 fully saturated rings. The van der Waals surface area contributed by atoms with E-state index in [0.29, 0.717) is 0 Å². The molecule has 0 saturated carbocycles. The molecule has 0 amide bonds. The van der Waals surface area contributed by atoms with Crippen LogP contribution < -0.4 is 5.32 Å². The summed E-state index contributed by atoms with van der Waals surface area (Å²) in [4.78, 5) is 0. The highest BCUT2D eigenvalue weighted by Gasteiger charge is 2.14. The SMILES string of the molecule is CCNCc1oc2ccccc2c1Cn1ccc(C)n1. The normalized spacial score (nSPS) is 11.3. The summed E-state index contributed by atoms with van der Waals surface area (Å²) in [6.07, 6.45) is 2.01. The van der Waals surface area contributed by atoms with Crippen LogP contribution in [0.15, 0.2) is 40.9 Å². The highest BCUT2D eigenvalue weighted by molar-refractivity contribution is 5.82. The van der Waals surface area contributed by atoms with E-state index in [9.17, 15) is 0 Å². The van der Waals surface area contributed by atoms with Gasteiger partial charge in [0.1, 0.15) is 11.3 Å². The van der Waals surface area contributed by atoms with Gasteiger partial charge >= 0.3 is 0 Å². The van der Waals surface area contributed by atoms with Crippen molar-refractivity contribution in [3.05, 3.63) is 53.5 Å². The van der Waals surface area contributed by atoms with Gasteiger partial charge in [0.25, 0.3) is 0 Å². The van der Waals surface area contributed by atoms with Gasteiger partial charge in [-0.1, -0.05) is 25.1 Å². The summed E-state index contributed by atoms with van der Waals surface area (Å²) in [5.41, 5.74) is 3.19. The predicted molar refractivity (Wildman–Crippen MR) is 79.7 cm³/mol. The Morgan fingerprint density at radius 1 is 1.25 bits per heavy atom. The Kier molecular flexibility index (Phi) is 3.56. The van der Waals surface area contributed by atoms with Crippen molar-refractivity contribution in [1.82, 2.24) is 15.1 Å². The van der Waals surface area contributed by atoms with Crippen LogP contribution in [0.4, 0.5) is 0 Å². The third-order valence-electron chi connectivity index (χ3n) is 3.41. The fourth-order valence-electron chi connectivity index (χ4n) is 2.42. The molecule has 0 bridgehead atoms. The molecule has 2 aromatic heterocycles. The molecule has 4 heteroatoms. The molecule has 0 aliphatic heterocycles. The molecule has 4 nitrogen and oxygen atoms in total. The van der Waals surface area contributed by atoms with Crippen LogP contribution in [-0.4, -0.2) is 16.3 Å². The first-order chi connectivity index (χ1) is 9.78. The first kappa shape index (κ1) is 12.9. The lowest BCUT2D eigenvalue weighted by Crippen LogP contribution is -2.13. The Morgan fingerprint density at radius 3 is 2.85 bits per heavy atom. The Hall–Kier alpha value is -2.07. The monoisotopic (exact) mass is 269 g/mol. The number of aryl methyl sites for hydroxylation is 1. The first-order valence-electron chi connectivity index (χ1n) is 6.98. The van der Waals surface area contributed by atoms with Crippen LogP contribution >= 0.6 is 0 Å². The number of rotatable bonds is 5. The Bertz CT molecular complexity index is 711. The second-order valence-electron chi connectivity index (χ2n) is 4.93. The van der Waals surface area contributed by atoms with E-state index in [1.807, 2.05) is 42.1 Å². The minimum absolute atomic E-state index is 0.742. The summed E-state index contributed by atoms with van der Waals surface area (Å²) < 4.78 is 7.94. The van der Waals surface area contributed by atoms with E-state index in [4.69, 9.17) is 4.42 Å². The number of hydrogen-bond acceptors (Lipinski definition) is 3. The summed E-state index contributed by atoms with van der Waals surface area (Å²) in [7, 11) is 0. The number of nitrogens with zero attached hydrogens (tertiary/aromatic N) is 2. The van der Waals surface area contributed by atoms with Gasteiger partial charge in [0.05, 0.1) is 18.8 Å². The van der Waals surface area contributed by atoms with E-state index in [-0.39, 0.29) is 0 Å². The van der Waals surface area contributed by atoms with E-state index < -0.39 is 0 Å². The molecule has 0 unspecified atom stereocenters. The predicted octanol–water partition coefficient (Wildman–Crippen LogP) is 3.10. The number of fused-ring (bicyclic) bond motifs is 1. The van der Waals surface area contributed by atoms with Crippen LogP contribution in [-0.2, 0) is 13.1 Å². The maximum Gasteiger partial charge on any atom is 0.134 e. The highest BCUT2D eigenvalue weighted by Crippen LogP contribution is 2.26. The van der Waals surface area contributed by atoms with E-state index in [1.54, 1.807) is 0 Å². The van der Waals surface area contributed by atoms with Gasteiger partial charge < -0.3 is 9.73 Å². The zero-order valence-corrected chi connectivity index (χ0v) is 11.9. The summed E-state index contributed by atoms with van der Waals surface area (Å²) in [6, 6.07) is 10.2. The summed E-state index contributed by atoms with van der Waals surface area (Å²) >= 11 is 0. The molecule has 104 valence electrons. The third kappa shape index (κ3) is 2.47. The fraction of sp³-hybridized carbons (Fsp3) is 0.312. The number of para-hydroxylation sites is 1. The van der Waals surface area contributed by atoms with Gasteiger partial charge in [-0.15, -0.1) is 0 Å². The molecule has 1 aromatic carbocycles. The number of hydrogen-bond donors (Lipinski definition) is 1. The molecule has 0 saturated heterocycles. The standard InChI is InChI=1S/C16H19N3O/c1-3-17-10-16-14(11-19-9-8-12(2)18-19)13-6-4-5-7-15(13)20-16/h4-9,17H,3,10-11H2,1-2H3. The van der Waals surface area contributed by atoms with Crippen molar-refractivity contribution >= 4 is 11.0 Å². The smallest absolute Gasteiger partial charge is 0.134 e. The molecule has 20 heavy (non-hydrogen) atoms. The average molecular weight is 269 g/mol. The van der Waals surface area contributed by atoms with Crippen molar-refractivity contribution in [1.29, 1.82) is 0 Å². The molecule has 2 heterocycles. The molecule has 0 atom stereocenters. The van der Waals surface area contributed by atoms with Gasteiger partial charge in [-0.3, -0.25) is 4.68 Å². The first-order valence-corrected chi connectivity index (χ1v) is 6.98. The fourth-order valence-corrected chi connectivity index (χ4v) is 2.42. The minimum Gasteiger partial charge on any atom is -0.459 e. The molecule has 3 aromatic rings. The molecule has 0 spiro atoms. The Morgan fingerprint density at radius 2 is 2.10 bits per heavy atom. The Labute approximate surface area is 118 Å². The average Bonchev–Trinajstić information content (AvgIpc) is 3.02. The van der Waals surface area contributed by atoms with E-state index in [0.717, 1.165) is 36.7 Å². The van der Waals surface area contributed by atoms with Gasteiger partial charge in [-0.05, 0) is 25.6 Å². The second kappa shape index (κ2) is 5.51. The molecular weight excluding hydrogens is 250 g/mol. The van der Waals surface area contributed by atoms with E-state index in [2.05, 4.69) is 23.4 Å². The van der Waals surface area contributed by atoms with Crippen molar-refractivity contribution in [2.24, 2.45) is 0 Å². The zero-order valence-electron chi connectivity index (χ0n) is 11.9. The third-order valence-corrected chi connectivity index (χ3v) is 3.41. The van der Waals surface area contributed by atoms with Crippen molar-refractivity contribution in [3.8, 4) is 0 Å². The van der Waals surface area contributed by atoms with E-state index in [1.165, 1.54) is 10.9 Å². The number of aromatic nitrogens is 2. The topological polar surface area (TPSA) is 43.0 Å². The summed E-state index contributed by atoms with van der Waals surface area (Å²) in [5, 5.41) is 8.98. The maximum atomic E-state index is 5.98. The van der Waals surface area contributed by atoms with Gasteiger partial charge in [-0.2, -0.15) is 5.10 Å². The van der Waals surface area contributed by atoms with Crippen molar-refractivity contribution in [2.75, 3.05) is 6.54 Å².